The maximum atomic E-state index is 10.8. The van der Waals surface area contributed by atoms with Gasteiger partial charge in [0.05, 0.1) is 5.56 Å². The minimum absolute atomic E-state index is 0.313. The molecule has 0 atom stereocenters. The van der Waals surface area contributed by atoms with E-state index >= 15 is 0 Å². The molecule has 0 bridgehead atoms. The molecule has 0 aliphatic carbocycles. The van der Waals surface area contributed by atoms with Crippen LogP contribution in [0.2, 0.25) is 0 Å². The zero-order valence-electron chi connectivity index (χ0n) is 7.99. The molecule has 0 saturated heterocycles. The molecule has 76 valence electrons. The smallest absolute Gasteiger partial charge is 0.335 e. The van der Waals surface area contributed by atoms with E-state index in [1.807, 2.05) is 6.92 Å². The number of aryl methyl sites for hydroxylation is 1. The first kappa shape index (κ1) is 10.5. The highest BCUT2D eigenvalue weighted by Gasteiger charge is 2.10. The number of hydrogen-bond donors (Lipinski definition) is 2. The predicted molar refractivity (Wildman–Crippen MR) is 52.2 cm³/mol. The van der Waals surface area contributed by atoms with Crippen LogP contribution in [-0.2, 0) is 6.42 Å². The molecule has 4 nitrogen and oxygen atoms in total. The molecule has 0 saturated carbocycles. The molecule has 0 spiro atoms. The first-order chi connectivity index (χ1) is 6.69. The molecular weight excluding hydrogens is 182 g/mol. The highest BCUT2D eigenvalue weighted by atomic mass is 16.6. The van der Waals surface area contributed by atoms with E-state index in [1.54, 1.807) is 12.1 Å². The lowest BCUT2D eigenvalue weighted by atomic mass is 10.0. The van der Waals surface area contributed by atoms with Gasteiger partial charge in [-0.3, -0.25) is 0 Å². The number of hydrogen-bond acceptors (Lipinski definition) is 3. The maximum absolute atomic E-state index is 10.8. The molecule has 14 heavy (non-hydrogen) atoms. The summed E-state index contributed by atoms with van der Waals surface area (Å²) in [6, 6.07) is 4.71. The summed E-state index contributed by atoms with van der Waals surface area (Å²) in [6.45, 7) is 1.99. The highest BCUT2D eigenvalue weighted by Crippen LogP contribution is 2.18. The Bertz CT molecular complexity index is 336. The SMILES string of the molecule is CCCc1cc(ON)ccc1C(=O)O. The van der Waals surface area contributed by atoms with Gasteiger partial charge in [-0.05, 0) is 30.2 Å². The van der Waals surface area contributed by atoms with Gasteiger partial charge in [-0.15, -0.1) is 0 Å². The number of aromatic carboxylic acids is 1. The molecule has 3 N–H and O–H groups in total. The Kier molecular flexibility index (Phi) is 3.48. The van der Waals surface area contributed by atoms with E-state index in [9.17, 15) is 4.79 Å². The van der Waals surface area contributed by atoms with Gasteiger partial charge in [0.25, 0.3) is 0 Å². The molecule has 1 rings (SSSR count). The lowest BCUT2D eigenvalue weighted by molar-refractivity contribution is 0.0695. The van der Waals surface area contributed by atoms with E-state index < -0.39 is 5.97 Å². The summed E-state index contributed by atoms with van der Waals surface area (Å²) in [5.41, 5.74) is 1.07. The molecule has 0 radical (unpaired) electrons. The number of rotatable bonds is 4. The normalized spacial score (nSPS) is 9.86. The fourth-order valence-electron chi connectivity index (χ4n) is 1.33. The Hall–Kier alpha value is -1.55. The van der Waals surface area contributed by atoms with Gasteiger partial charge in [-0.25, -0.2) is 4.79 Å². The van der Waals surface area contributed by atoms with Crippen LogP contribution in [0.25, 0.3) is 0 Å². The van der Waals surface area contributed by atoms with E-state index in [0.717, 1.165) is 12.0 Å². The van der Waals surface area contributed by atoms with Crippen molar-refractivity contribution in [2.24, 2.45) is 5.90 Å². The number of benzene rings is 1. The molecule has 0 fully saturated rings. The Morgan fingerprint density at radius 3 is 2.79 bits per heavy atom. The average molecular weight is 195 g/mol. The van der Waals surface area contributed by atoms with Gasteiger partial charge in [0.1, 0.15) is 5.75 Å². The minimum atomic E-state index is -0.919. The molecule has 0 amide bonds. The van der Waals surface area contributed by atoms with Gasteiger partial charge in [0.2, 0.25) is 0 Å². The summed E-state index contributed by atoms with van der Waals surface area (Å²) in [4.78, 5) is 15.4. The lowest BCUT2D eigenvalue weighted by Crippen LogP contribution is -2.06. The van der Waals surface area contributed by atoms with Crippen molar-refractivity contribution >= 4 is 5.97 Å². The largest absolute Gasteiger partial charge is 0.478 e. The summed E-state index contributed by atoms with van der Waals surface area (Å²) in [6.07, 6.45) is 1.59. The number of carbonyl (C=O) groups is 1. The van der Waals surface area contributed by atoms with E-state index in [2.05, 4.69) is 4.84 Å². The van der Waals surface area contributed by atoms with E-state index in [4.69, 9.17) is 11.0 Å². The van der Waals surface area contributed by atoms with Gasteiger partial charge in [-0.1, -0.05) is 13.3 Å². The molecule has 0 aliphatic heterocycles. The number of carboxylic acids is 1. The molecular formula is C10H13NO3. The summed E-state index contributed by atoms with van der Waals surface area (Å²) in [7, 11) is 0. The predicted octanol–water partition coefficient (Wildman–Crippen LogP) is 1.59. The van der Waals surface area contributed by atoms with Gasteiger partial charge >= 0.3 is 5.97 Å². The Morgan fingerprint density at radius 1 is 1.57 bits per heavy atom. The van der Waals surface area contributed by atoms with Crippen molar-refractivity contribution in [3.63, 3.8) is 0 Å². The topological polar surface area (TPSA) is 72.5 Å². The van der Waals surface area contributed by atoms with Gasteiger partial charge in [-0.2, -0.15) is 5.90 Å². The van der Waals surface area contributed by atoms with Crippen LogP contribution >= 0.6 is 0 Å². The Morgan fingerprint density at radius 2 is 2.29 bits per heavy atom. The molecule has 4 heteroatoms. The highest BCUT2D eigenvalue weighted by molar-refractivity contribution is 5.89. The molecule has 0 heterocycles. The van der Waals surface area contributed by atoms with Crippen molar-refractivity contribution in [2.75, 3.05) is 0 Å². The molecule has 1 aromatic rings. The second-order valence-corrected chi connectivity index (χ2v) is 2.99. The molecule has 0 aliphatic rings. The van der Waals surface area contributed by atoms with E-state index in [-0.39, 0.29) is 0 Å². The fraction of sp³-hybridized carbons (Fsp3) is 0.300. The van der Waals surface area contributed by atoms with Crippen LogP contribution in [0, 0.1) is 0 Å². The monoisotopic (exact) mass is 195 g/mol. The van der Waals surface area contributed by atoms with Crippen molar-refractivity contribution < 1.29 is 14.7 Å². The van der Waals surface area contributed by atoms with Crippen LogP contribution in [0.5, 0.6) is 5.75 Å². The van der Waals surface area contributed by atoms with Crippen molar-refractivity contribution in [1.29, 1.82) is 0 Å². The van der Waals surface area contributed by atoms with E-state index in [1.165, 1.54) is 6.07 Å². The van der Waals surface area contributed by atoms with Crippen LogP contribution in [0.4, 0.5) is 0 Å². The third-order valence-electron chi connectivity index (χ3n) is 1.96. The summed E-state index contributed by atoms with van der Waals surface area (Å²) in [5, 5.41) is 8.88. The fourth-order valence-corrected chi connectivity index (χ4v) is 1.33. The summed E-state index contributed by atoms with van der Waals surface area (Å²) < 4.78 is 0. The molecule has 1 aromatic carbocycles. The quantitative estimate of drug-likeness (QED) is 0.715. The second-order valence-electron chi connectivity index (χ2n) is 2.99. The standard InChI is InChI=1S/C10H13NO3/c1-2-3-7-6-8(14-11)4-5-9(7)10(12)13/h4-6H,2-3,11H2,1H3,(H,12,13). The Balaban J connectivity index is 3.10. The lowest BCUT2D eigenvalue weighted by Gasteiger charge is -2.06. The maximum Gasteiger partial charge on any atom is 0.335 e. The second kappa shape index (κ2) is 4.62. The van der Waals surface area contributed by atoms with Crippen molar-refractivity contribution in [1.82, 2.24) is 0 Å². The van der Waals surface area contributed by atoms with Crippen molar-refractivity contribution in [3.05, 3.63) is 29.3 Å². The van der Waals surface area contributed by atoms with Gasteiger partial charge in [0.15, 0.2) is 0 Å². The third-order valence-corrected chi connectivity index (χ3v) is 1.96. The van der Waals surface area contributed by atoms with Crippen molar-refractivity contribution in [3.8, 4) is 5.75 Å². The third kappa shape index (κ3) is 2.23. The first-order valence-corrected chi connectivity index (χ1v) is 4.42. The van der Waals surface area contributed by atoms with Gasteiger partial charge < -0.3 is 9.94 Å². The Labute approximate surface area is 82.3 Å². The van der Waals surface area contributed by atoms with E-state index in [0.29, 0.717) is 17.7 Å². The van der Waals surface area contributed by atoms with Crippen LogP contribution < -0.4 is 10.7 Å². The average Bonchev–Trinajstić information content (AvgIpc) is 2.17. The van der Waals surface area contributed by atoms with Crippen LogP contribution in [0.1, 0.15) is 29.3 Å². The summed E-state index contributed by atoms with van der Waals surface area (Å²) in [5.74, 6) is 4.56. The zero-order valence-corrected chi connectivity index (χ0v) is 7.99. The molecule has 0 aromatic heterocycles. The van der Waals surface area contributed by atoms with Crippen LogP contribution in [0.15, 0.2) is 18.2 Å². The number of nitrogens with two attached hydrogens (primary N) is 1. The first-order valence-electron chi connectivity index (χ1n) is 4.42. The molecule has 0 unspecified atom stereocenters. The summed E-state index contributed by atoms with van der Waals surface area (Å²) >= 11 is 0. The minimum Gasteiger partial charge on any atom is -0.478 e. The number of carboxylic acid groups (broad SMARTS) is 1. The van der Waals surface area contributed by atoms with Gasteiger partial charge in [0, 0.05) is 0 Å². The van der Waals surface area contributed by atoms with Crippen molar-refractivity contribution in [2.45, 2.75) is 19.8 Å². The van der Waals surface area contributed by atoms with Crippen LogP contribution in [0.3, 0.4) is 0 Å². The van der Waals surface area contributed by atoms with Crippen LogP contribution in [-0.4, -0.2) is 11.1 Å². The zero-order chi connectivity index (χ0) is 10.6.